The smallest absolute Gasteiger partial charge is 0.280 e. The average molecular weight is 276 g/mol. The molecule has 98 valence electrons. The summed E-state index contributed by atoms with van der Waals surface area (Å²) in [4.78, 5) is 5.50. The first-order valence-electron chi connectivity index (χ1n) is 5.80. The Morgan fingerprint density at radius 3 is 3.16 bits per heavy atom. The van der Waals surface area contributed by atoms with Crippen LogP contribution in [-0.4, -0.2) is 31.7 Å². The number of nitrogens with zero attached hydrogens (tertiary/aromatic N) is 5. The van der Waals surface area contributed by atoms with E-state index in [0.29, 0.717) is 36.9 Å². The maximum Gasteiger partial charge on any atom is 0.280 e. The number of rotatable bonds is 5. The quantitative estimate of drug-likeness (QED) is 0.745. The third-order valence-corrected chi connectivity index (χ3v) is 3.37. The maximum atomic E-state index is 5.45. The van der Waals surface area contributed by atoms with Gasteiger partial charge >= 0.3 is 0 Å². The Morgan fingerprint density at radius 2 is 2.37 bits per heavy atom. The SMILES string of the molecule is NCCn1cc(-c2nc(Cc3cccs3)no2)nn1. The van der Waals surface area contributed by atoms with E-state index in [2.05, 4.69) is 20.5 Å². The third-order valence-electron chi connectivity index (χ3n) is 2.50. The second-order valence-electron chi connectivity index (χ2n) is 3.93. The van der Waals surface area contributed by atoms with Crippen LogP contribution in [0.1, 0.15) is 10.7 Å². The molecular weight excluding hydrogens is 264 g/mol. The molecule has 19 heavy (non-hydrogen) atoms. The zero-order valence-electron chi connectivity index (χ0n) is 10.1. The van der Waals surface area contributed by atoms with Crippen LogP contribution in [-0.2, 0) is 13.0 Å². The van der Waals surface area contributed by atoms with Gasteiger partial charge in [0.25, 0.3) is 5.89 Å². The summed E-state index contributed by atoms with van der Waals surface area (Å²) in [5.41, 5.74) is 6.02. The highest BCUT2D eigenvalue weighted by Gasteiger charge is 2.13. The van der Waals surface area contributed by atoms with Gasteiger partial charge in [-0.1, -0.05) is 16.4 Å². The van der Waals surface area contributed by atoms with Gasteiger partial charge in [-0.15, -0.1) is 16.4 Å². The molecule has 8 heteroatoms. The summed E-state index contributed by atoms with van der Waals surface area (Å²) < 4.78 is 6.84. The summed E-state index contributed by atoms with van der Waals surface area (Å²) in [5.74, 6) is 1.03. The molecule has 0 bridgehead atoms. The molecule has 0 spiro atoms. The highest BCUT2D eigenvalue weighted by atomic mass is 32.1. The minimum atomic E-state index is 0.384. The van der Waals surface area contributed by atoms with Crippen LogP contribution in [0.25, 0.3) is 11.6 Å². The van der Waals surface area contributed by atoms with Gasteiger partial charge < -0.3 is 10.3 Å². The minimum Gasteiger partial charge on any atom is -0.332 e. The lowest BCUT2D eigenvalue weighted by Crippen LogP contribution is -2.10. The zero-order valence-corrected chi connectivity index (χ0v) is 10.9. The Hall–Kier alpha value is -2.06. The van der Waals surface area contributed by atoms with Gasteiger partial charge in [0.05, 0.1) is 12.7 Å². The van der Waals surface area contributed by atoms with Gasteiger partial charge in [0.1, 0.15) is 0 Å². The summed E-state index contributed by atoms with van der Waals surface area (Å²) >= 11 is 1.67. The fourth-order valence-corrected chi connectivity index (χ4v) is 2.34. The highest BCUT2D eigenvalue weighted by molar-refractivity contribution is 7.09. The number of hydrogen-bond acceptors (Lipinski definition) is 7. The maximum absolute atomic E-state index is 5.45. The minimum absolute atomic E-state index is 0.384. The van der Waals surface area contributed by atoms with Gasteiger partial charge in [-0.05, 0) is 11.4 Å². The van der Waals surface area contributed by atoms with Crippen LogP contribution in [0.4, 0.5) is 0 Å². The van der Waals surface area contributed by atoms with Crippen molar-refractivity contribution in [1.29, 1.82) is 0 Å². The molecule has 7 nitrogen and oxygen atoms in total. The average Bonchev–Trinajstić information content (AvgIpc) is 3.10. The van der Waals surface area contributed by atoms with Gasteiger partial charge in [-0.2, -0.15) is 4.98 Å². The van der Waals surface area contributed by atoms with E-state index in [1.165, 1.54) is 4.88 Å². The number of nitrogens with two attached hydrogens (primary N) is 1. The zero-order chi connectivity index (χ0) is 13.1. The van der Waals surface area contributed by atoms with E-state index in [4.69, 9.17) is 10.3 Å². The molecule has 0 saturated heterocycles. The van der Waals surface area contributed by atoms with E-state index in [1.807, 2.05) is 17.5 Å². The molecule has 0 aliphatic carbocycles. The highest BCUT2D eigenvalue weighted by Crippen LogP contribution is 2.17. The topological polar surface area (TPSA) is 95.7 Å². The van der Waals surface area contributed by atoms with Crippen LogP contribution < -0.4 is 5.73 Å². The third kappa shape index (κ3) is 2.69. The first-order chi connectivity index (χ1) is 9.35. The Labute approximate surface area is 113 Å². The van der Waals surface area contributed by atoms with E-state index in [9.17, 15) is 0 Å². The van der Waals surface area contributed by atoms with Gasteiger partial charge in [0.2, 0.25) is 0 Å². The summed E-state index contributed by atoms with van der Waals surface area (Å²) in [5, 5.41) is 13.9. The molecule has 0 aliphatic heterocycles. The summed E-state index contributed by atoms with van der Waals surface area (Å²) in [6.45, 7) is 1.12. The summed E-state index contributed by atoms with van der Waals surface area (Å²) in [6, 6.07) is 4.04. The molecule has 2 N–H and O–H groups in total. The second kappa shape index (κ2) is 5.29. The van der Waals surface area contributed by atoms with Crippen molar-refractivity contribution < 1.29 is 4.52 Å². The standard InChI is InChI=1S/C11H12N6OS/c12-3-4-17-7-9(14-16-17)11-13-10(15-18-11)6-8-2-1-5-19-8/h1-2,5,7H,3-4,6,12H2. The molecule has 0 saturated carbocycles. The van der Waals surface area contributed by atoms with E-state index < -0.39 is 0 Å². The molecule has 0 aromatic carbocycles. The molecule has 0 unspecified atom stereocenters. The van der Waals surface area contributed by atoms with Crippen LogP contribution in [0.3, 0.4) is 0 Å². The van der Waals surface area contributed by atoms with Crippen molar-refractivity contribution in [3.63, 3.8) is 0 Å². The lowest BCUT2D eigenvalue weighted by Gasteiger charge is -1.91. The molecule has 3 aromatic rings. The monoisotopic (exact) mass is 276 g/mol. The van der Waals surface area contributed by atoms with E-state index >= 15 is 0 Å². The van der Waals surface area contributed by atoms with Crippen molar-refractivity contribution in [2.24, 2.45) is 5.73 Å². The van der Waals surface area contributed by atoms with E-state index in [1.54, 1.807) is 22.2 Å². The predicted molar refractivity (Wildman–Crippen MR) is 69.5 cm³/mol. The van der Waals surface area contributed by atoms with E-state index in [0.717, 1.165) is 0 Å². The van der Waals surface area contributed by atoms with Gasteiger partial charge in [-0.3, -0.25) is 4.68 Å². The Kier molecular flexibility index (Phi) is 3.34. The first kappa shape index (κ1) is 12.0. The van der Waals surface area contributed by atoms with Crippen molar-refractivity contribution in [2.75, 3.05) is 6.54 Å². The number of hydrogen-bond donors (Lipinski definition) is 1. The molecule has 0 fully saturated rings. The second-order valence-corrected chi connectivity index (χ2v) is 4.96. The van der Waals surface area contributed by atoms with Crippen LogP contribution in [0.2, 0.25) is 0 Å². The molecule has 0 radical (unpaired) electrons. The fraction of sp³-hybridized carbons (Fsp3) is 0.273. The summed E-state index contributed by atoms with van der Waals surface area (Å²) in [6.07, 6.45) is 2.41. The Bertz CT molecular complexity index is 644. The van der Waals surface area contributed by atoms with Crippen molar-refractivity contribution in [1.82, 2.24) is 25.1 Å². The van der Waals surface area contributed by atoms with Crippen molar-refractivity contribution in [2.45, 2.75) is 13.0 Å². The molecule has 0 aliphatic rings. The lowest BCUT2D eigenvalue weighted by atomic mass is 10.3. The predicted octanol–water partition coefficient (Wildman–Crippen LogP) is 0.939. The number of aromatic nitrogens is 5. The Morgan fingerprint density at radius 1 is 1.42 bits per heavy atom. The fourth-order valence-electron chi connectivity index (χ4n) is 1.64. The largest absolute Gasteiger partial charge is 0.332 e. The lowest BCUT2D eigenvalue weighted by molar-refractivity contribution is 0.422. The molecule has 0 atom stereocenters. The van der Waals surface area contributed by atoms with Crippen molar-refractivity contribution in [3.8, 4) is 11.6 Å². The van der Waals surface area contributed by atoms with Crippen LogP contribution in [0, 0.1) is 0 Å². The number of thiophene rings is 1. The van der Waals surface area contributed by atoms with Crippen LogP contribution in [0.15, 0.2) is 28.2 Å². The van der Waals surface area contributed by atoms with Crippen molar-refractivity contribution >= 4 is 11.3 Å². The van der Waals surface area contributed by atoms with Crippen molar-refractivity contribution in [3.05, 3.63) is 34.4 Å². The first-order valence-corrected chi connectivity index (χ1v) is 6.68. The molecule has 3 rings (SSSR count). The molecule has 0 amide bonds. The molecular formula is C11H12N6OS. The van der Waals surface area contributed by atoms with Crippen LogP contribution in [0.5, 0.6) is 0 Å². The van der Waals surface area contributed by atoms with Gasteiger partial charge in [0, 0.05) is 17.8 Å². The normalized spacial score (nSPS) is 11.0. The van der Waals surface area contributed by atoms with E-state index in [-0.39, 0.29) is 0 Å². The molecule has 3 aromatic heterocycles. The van der Waals surface area contributed by atoms with Gasteiger partial charge in [-0.25, -0.2) is 0 Å². The summed E-state index contributed by atoms with van der Waals surface area (Å²) in [7, 11) is 0. The van der Waals surface area contributed by atoms with Crippen LogP contribution >= 0.6 is 11.3 Å². The van der Waals surface area contributed by atoms with Gasteiger partial charge in [0.15, 0.2) is 11.5 Å². The Balaban J connectivity index is 1.76. The molecule has 3 heterocycles.